The summed E-state index contributed by atoms with van der Waals surface area (Å²) in [7, 11) is -1.66. The summed E-state index contributed by atoms with van der Waals surface area (Å²) in [5.74, 6) is 0.898. The maximum Gasteiger partial charge on any atom is 0.261 e. The summed E-state index contributed by atoms with van der Waals surface area (Å²) in [6.07, 6.45) is 3.94. The van der Waals surface area contributed by atoms with Crippen LogP contribution in [0.1, 0.15) is 55.8 Å². The smallest absolute Gasteiger partial charge is 0.261 e. The summed E-state index contributed by atoms with van der Waals surface area (Å²) in [6.45, 7) is 4.87. The molecule has 2 aromatic rings. The van der Waals surface area contributed by atoms with Gasteiger partial charge in [0, 0.05) is 26.8 Å². The molecule has 1 atom stereocenters. The van der Waals surface area contributed by atoms with Crippen LogP contribution in [0, 0.1) is 11.8 Å². The lowest BCUT2D eigenvalue weighted by molar-refractivity contribution is 0.0931. The molecule has 0 spiro atoms. The van der Waals surface area contributed by atoms with Crippen molar-refractivity contribution in [2.24, 2.45) is 11.8 Å². The summed E-state index contributed by atoms with van der Waals surface area (Å²) in [6, 6.07) is 6.85. The van der Waals surface area contributed by atoms with Crippen LogP contribution in [0.4, 0.5) is 0 Å². The fraction of sp³-hybridized carbons (Fsp3) is 0.545. The van der Waals surface area contributed by atoms with Crippen LogP contribution in [0.2, 0.25) is 4.34 Å². The molecule has 1 aliphatic rings. The monoisotopic (exact) mass is 501 g/mol. The van der Waals surface area contributed by atoms with E-state index in [0.717, 1.165) is 18.4 Å². The highest BCUT2D eigenvalue weighted by atomic mass is 35.5. The van der Waals surface area contributed by atoms with E-state index in [0.29, 0.717) is 40.5 Å². The predicted molar refractivity (Wildman–Crippen MR) is 130 cm³/mol. The zero-order valence-electron chi connectivity index (χ0n) is 18.6. The maximum atomic E-state index is 12.8. The van der Waals surface area contributed by atoms with Crippen molar-refractivity contribution in [3.8, 4) is 5.88 Å². The topological polar surface area (TPSA) is 88.6 Å². The van der Waals surface area contributed by atoms with Crippen LogP contribution >= 0.6 is 22.9 Å². The fourth-order valence-electron chi connectivity index (χ4n) is 3.95. The molecular formula is C22H32ClN3O4S2. The molecule has 32 heavy (non-hydrogen) atoms. The highest BCUT2D eigenvalue weighted by Crippen LogP contribution is 2.31. The molecule has 0 bridgehead atoms. The second-order valence-electron chi connectivity index (χ2n) is 8.51. The van der Waals surface area contributed by atoms with E-state index in [-0.39, 0.29) is 25.0 Å². The third-order valence-corrected chi connectivity index (χ3v) is 9.02. The number of carbonyl (C=O) groups excluding carboxylic acids is 1. The molecule has 1 N–H and O–H groups in total. The molecule has 3 rings (SSSR count). The largest absolute Gasteiger partial charge is 0.481 e. The number of ether oxygens (including phenoxy) is 1. The number of nitrogens with zero attached hydrogens (tertiary/aromatic N) is 2. The average molecular weight is 502 g/mol. The van der Waals surface area contributed by atoms with Crippen molar-refractivity contribution in [1.82, 2.24) is 14.6 Å². The minimum atomic E-state index is -3.22. The lowest BCUT2D eigenvalue weighted by Crippen LogP contribution is -2.41. The summed E-state index contributed by atoms with van der Waals surface area (Å²) >= 11 is 7.23. The summed E-state index contributed by atoms with van der Waals surface area (Å²) in [4.78, 5) is 17.6. The first-order valence-electron chi connectivity index (χ1n) is 10.7. The Kier molecular flexibility index (Phi) is 8.55. The molecule has 10 heteroatoms. The predicted octanol–water partition coefficient (Wildman–Crippen LogP) is 4.61. The number of amides is 1. The Morgan fingerprint density at radius 3 is 2.56 bits per heavy atom. The molecule has 0 radical (unpaired) electrons. The Morgan fingerprint density at radius 1 is 1.31 bits per heavy atom. The number of aromatic nitrogens is 1. The van der Waals surface area contributed by atoms with E-state index in [2.05, 4.69) is 10.3 Å². The van der Waals surface area contributed by atoms with Crippen LogP contribution in [-0.4, -0.2) is 49.6 Å². The van der Waals surface area contributed by atoms with E-state index in [1.54, 1.807) is 35.8 Å². The van der Waals surface area contributed by atoms with Crippen LogP contribution in [0.25, 0.3) is 0 Å². The fourth-order valence-corrected chi connectivity index (χ4v) is 6.71. The lowest BCUT2D eigenvalue weighted by atomic mass is 9.88. The zero-order valence-corrected chi connectivity index (χ0v) is 21.0. The van der Waals surface area contributed by atoms with Crippen LogP contribution in [-0.2, 0) is 10.0 Å². The van der Waals surface area contributed by atoms with Gasteiger partial charge in [0.1, 0.15) is 0 Å². The molecule has 0 aromatic carbocycles. The Bertz CT molecular complexity index is 1010. The van der Waals surface area contributed by atoms with Gasteiger partial charge in [-0.3, -0.25) is 4.79 Å². The first kappa shape index (κ1) is 25.0. The standard InChI is InChI=1S/C22H30ClN3O4S2.H2/c1-15(2)14-32(28,29)26-10-8-16(9-11-26)12-18(17-4-7-21(30-3)24-13-17)25-22(27)19-5-6-20(23)31-19;/h4-7,13,15-16,18H,8-12,14H2,1-3H3,(H,25,27);1H/t18-;/m0./s1. The molecule has 1 amide bonds. The zero-order chi connectivity index (χ0) is 23.3. The molecule has 1 aliphatic heterocycles. The van der Waals surface area contributed by atoms with Crippen molar-refractivity contribution >= 4 is 38.9 Å². The second-order valence-corrected chi connectivity index (χ2v) is 12.2. The van der Waals surface area contributed by atoms with Gasteiger partial charge in [-0.1, -0.05) is 31.5 Å². The third-order valence-electron chi connectivity index (χ3n) is 5.55. The van der Waals surface area contributed by atoms with Crippen molar-refractivity contribution in [3.05, 3.63) is 45.2 Å². The van der Waals surface area contributed by atoms with Crippen molar-refractivity contribution < 1.29 is 19.4 Å². The van der Waals surface area contributed by atoms with E-state index in [1.165, 1.54) is 11.3 Å². The van der Waals surface area contributed by atoms with Crippen LogP contribution in [0.15, 0.2) is 30.5 Å². The minimum Gasteiger partial charge on any atom is -0.481 e. The molecule has 0 aliphatic carbocycles. The minimum absolute atomic E-state index is 0. The molecule has 0 saturated carbocycles. The average Bonchev–Trinajstić information content (AvgIpc) is 3.19. The van der Waals surface area contributed by atoms with Gasteiger partial charge >= 0.3 is 0 Å². The van der Waals surface area contributed by atoms with Gasteiger partial charge in [0.25, 0.3) is 5.91 Å². The van der Waals surface area contributed by atoms with Crippen molar-refractivity contribution in [1.29, 1.82) is 0 Å². The van der Waals surface area contributed by atoms with Gasteiger partial charge in [-0.25, -0.2) is 17.7 Å². The number of halogens is 1. The van der Waals surface area contributed by atoms with Gasteiger partial charge in [-0.15, -0.1) is 11.3 Å². The Balaban J connectivity index is 0.00000385. The van der Waals surface area contributed by atoms with E-state index in [4.69, 9.17) is 16.3 Å². The van der Waals surface area contributed by atoms with Crippen molar-refractivity contribution in [2.75, 3.05) is 26.0 Å². The summed E-state index contributed by atoms with van der Waals surface area (Å²) in [5, 5.41) is 3.12. The molecule has 3 heterocycles. The SMILES string of the molecule is COc1ccc([C@H](CC2CCN(S(=O)(=O)CC(C)C)CC2)NC(=O)c2ccc(Cl)s2)cn1.[HH]. The number of nitrogens with one attached hydrogen (secondary N) is 1. The highest BCUT2D eigenvalue weighted by Gasteiger charge is 2.30. The number of rotatable bonds is 9. The van der Waals surface area contributed by atoms with E-state index < -0.39 is 10.0 Å². The van der Waals surface area contributed by atoms with Gasteiger partial charge in [0.05, 0.1) is 28.1 Å². The number of hydrogen-bond acceptors (Lipinski definition) is 6. The maximum absolute atomic E-state index is 12.8. The van der Waals surface area contributed by atoms with Gasteiger partial charge in [-0.2, -0.15) is 0 Å². The molecule has 1 saturated heterocycles. The van der Waals surface area contributed by atoms with E-state index >= 15 is 0 Å². The summed E-state index contributed by atoms with van der Waals surface area (Å²) in [5.41, 5.74) is 0.886. The molecular weight excluding hydrogens is 470 g/mol. The number of thiophene rings is 1. The van der Waals surface area contributed by atoms with Crippen molar-refractivity contribution in [3.63, 3.8) is 0 Å². The number of sulfonamides is 1. The third kappa shape index (κ3) is 6.66. The number of methoxy groups -OCH3 is 1. The summed E-state index contributed by atoms with van der Waals surface area (Å²) < 4.78 is 32.4. The van der Waals surface area contributed by atoms with Crippen LogP contribution in [0.3, 0.4) is 0 Å². The molecule has 0 unspecified atom stereocenters. The highest BCUT2D eigenvalue weighted by molar-refractivity contribution is 7.89. The number of carbonyl (C=O) groups is 1. The van der Waals surface area contributed by atoms with Crippen LogP contribution in [0.5, 0.6) is 5.88 Å². The molecule has 2 aromatic heterocycles. The number of hydrogen-bond donors (Lipinski definition) is 1. The van der Waals surface area contributed by atoms with Crippen molar-refractivity contribution in [2.45, 2.75) is 39.2 Å². The Morgan fingerprint density at radius 2 is 2.03 bits per heavy atom. The van der Waals surface area contributed by atoms with Gasteiger partial charge in [-0.05, 0) is 48.8 Å². The number of pyridine rings is 1. The van der Waals surface area contributed by atoms with Gasteiger partial charge in [0.15, 0.2) is 0 Å². The van der Waals surface area contributed by atoms with E-state index in [9.17, 15) is 13.2 Å². The molecule has 1 fully saturated rings. The Hall–Kier alpha value is -1.68. The number of piperidine rings is 1. The van der Waals surface area contributed by atoms with Crippen LogP contribution < -0.4 is 10.1 Å². The van der Waals surface area contributed by atoms with Gasteiger partial charge < -0.3 is 10.1 Å². The Labute approximate surface area is 200 Å². The quantitative estimate of drug-likeness (QED) is 0.542. The second kappa shape index (κ2) is 11.0. The molecule has 178 valence electrons. The first-order chi connectivity index (χ1) is 15.2. The lowest BCUT2D eigenvalue weighted by Gasteiger charge is -2.33. The van der Waals surface area contributed by atoms with E-state index in [1.807, 2.05) is 19.9 Å². The molecule has 7 nitrogen and oxygen atoms in total. The first-order valence-corrected chi connectivity index (χ1v) is 13.5. The normalized spacial score (nSPS) is 16.8. The van der Waals surface area contributed by atoms with Gasteiger partial charge in [0.2, 0.25) is 15.9 Å².